The molecule has 30 heavy (non-hydrogen) atoms. The predicted molar refractivity (Wildman–Crippen MR) is 123 cm³/mol. The van der Waals surface area contributed by atoms with Crippen molar-refractivity contribution in [3.05, 3.63) is 94.8 Å². The molecule has 1 atom stereocenters. The molecule has 3 rings (SSSR count). The molecular formula is C24H25ClN4O. The van der Waals surface area contributed by atoms with E-state index in [-0.39, 0.29) is 5.91 Å². The van der Waals surface area contributed by atoms with Crippen LogP contribution in [-0.4, -0.2) is 16.9 Å². The molecule has 1 heterocycles. The molecule has 5 nitrogen and oxygen atoms in total. The third-order valence-corrected chi connectivity index (χ3v) is 5.20. The highest BCUT2D eigenvalue weighted by Gasteiger charge is 2.13. The number of carbonyl (C=O) groups is 1. The zero-order valence-corrected chi connectivity index (χ0v) is 17.9. The maximum atomic E-state index is 12.7. The Morgan fingerprint density at radius 1 is 1.07 bits per heavy atom. The zero-order chi connectivity index (χ0) is 21.3. The van der Waals surface area contributed by atoms with E-state index in [1.165, 1.54) is 5.56 Å². The first-order chi connectivity index (χ1) is 14.6. The van der Waals surface area contributed by atoms with E-state index in [4.69, 9.17) is 11.6 Å². The van der Waals surface area contributed by atoms with E-state index in [1.807, 2.05) is 24.3 Å². The molecule has 3 aromatic rings. The van der Waals surface area contributed by atoms with Crippen molar-refractivity contribution in [1.29, 1.82) is 0 Å². The van der Waals surface area contributed by atoms with Gasteiger partial charge >= 0.3 is 0 Å². The summed E-state index contributed by atoms with van der Waals surface area (Å²) in [5.41, 5.74) is 3.50. The zero-order valence-electron chi connectivity index (χ0n) is 17.1. The summed E-state index contributed by atoms with van der Waals surface area (Å²) in [6.45, 7) is 4.78. The maximum absolute atomic E-state index is 12.7. The summed E-state index contributed by atoms with van der Waals surface area (Å²) >= 11 is 6.17. The van der Waals surface area contributed by atoms with Gasteiger partial charge in [0.2, 0.25) is 5.96 Å². The van der Waals surface area contributed by atoms with Crippen LogP contribution in [0.1, 0.15) is 47.7 Å². The number of amides is 1. The number of benzene rings is 2. The van der Waals surface area contributed by atoms with Crippen molar-refractivity contribution in [3.8, 4) is 0 Å². The number of nitrogens with one attached hydrogen (secondary N) is 2. The molecule has 1 amide bonds. The lowest BCUT2D eigenvalue weighted by atomic mass is 9.99. The first-order valence-corrected chi connectivity index (χ1v) is 10.3. The average molecular weight is 421 g/mol. The minimum Gasteiger partial charge on any atom is -0.326 e. The standard InChI is InChI=1S/C24H25ClN4O/c1-3-17(2)19-8-10-20(11-9-19)28-24(27-16-18-12-14-26-15-13-18)29-23(30)21-6-4-5-7-22(21)25/h4-15,17H,3,16H2,1-2H3,(H2,27,28,29,30)/t17-/m0/s1. The Balaban J connectivity index is 1.80. The Hall–Kier alpha value is -3.18. The van der Waals surface area contributed by atoms with Crippen LogP contribution >= 0.6 is 11.6 Å². The lowest BCUT2D eigenvalue weighted by Crippen LogP contribution is -2.36. The molecule has 1 aromatic heterocycles. The number of hydrogen-bond acceptors (Lipinski definition) is 3. The second kappa shape index (κ2) is 10.6. The van der Waals surface area contributed by atoms with E-state index < -0.39 is 0 Å². The van der Waals surface area contributed by atoms with Gasteiger partial charge in [-0.2, -0.15) is 0 Å². The lowest BCUT2D eigenvalue weighted by Gasteiger charge is -2.14. The summed E-state index contributed by atoms with van der Waals surface area (Å²) in [6, 6.07) is 18.9. The summed E-state index contributed by atoms with van der Waals surface area (Å²) in [7, 11) is 0. The van der Waals surface area contributed by atoms with E-state index in [9.17, 15) is 4.79 Å². The molecule has 2 aromatic carbocycles. The van der Waals surface area contributed by atoms with Gasteiger partial charge in [-0.15, -0.1) is 0 Å². The van der Waals surface area contributed by atoms with Gasteiger partial charge in [-0.3, -0.25) is 15.1 Å². The van der Waals surface area contributed by atoms with Crippen molar-refractivity contribution < 1.29 is 4.79 Å². The molecule has 0 saturated carbocycles. The largest absolute Gasteiger partial charge is 0.326 e. The smallest absolute Gasteiger partial charge is 0.259 e. The van der Waals surface area contributed by atoms with Gasteiger partial charge < -0.3 is 5.32 Å². The fraction of sp³-hybridized carbons (Fsp3) is 0.208. The Morgan fingerprint density at radius 2 is 1.77 bits per heavy atom. The highest BCUT2D eigenvalue weighted by atomic mass is 35.5. The van der Waals surface area contributed by atoms with Gasteiger partial charge in [0, 0.05) is 18.1 Å². The van der Waals surface area contributed by atoms with Gasteiger partial charge in [0.05, 0.1) is 17.1 Å². The Morgan fingerprint density at radius 3 is 2.43 bits per heavy atom. The van der Waals surface area contributed by atoms with Crippen LogP contribution in [0.4, 0.5) is 5.69 Å². The number of aliphatic imine (C=N–C) groups is 1. The van der Waals surface area contributed by atoms with Crippen molar-refractivity contribution in [2.24, 2.45) is 4.99 Å². The Labute approximate surface area is 182 Å². The average Bonchev–Trinajstić information content (AvgIpc) is 2.78. The molecule has 0 aliphatic rings. The molecule has 0 aliphatic heterocycles. The maximum Gasteiger partial charge on any atom is 0.259 e. The normalized spacial score (nSPS) is 12.3. The quantitative estimate of drug-likeness (QED) is 0.400. The van der Waals surface area contributed by atoms with E-state index >= 15 is 0 Å². The fourth-order valence-electron chi connectivity index (χ4n) is 2.86. The SMILES string of the molecule is CC[C@H](C)c1ccc(NC(=NCc2ccncc2)NC(=O)c2ccccc2Cl)cc1. The molecule has 0 saturated heterocycles. The molecule has 0 bridgehead atoms. The van der Waals surface area contributed by atoms with Crippen molar-refractivity contribution in [2.75, 3.05) is 5.32 Å². The fourth-order valence-corrected chi connectivity index (χ4v) is 3.08. The van der Waals surface area contributed by atoms with Crippen LogP contribution in [0.2, 0.25) is 5.02 Å². The Bertz CT molecular complexity index is 1000. The van der Waals surface area contributed by atoms with Crippen molar-refractivity contribution in [3.63, 3.8) is 0 Å². The number of guanidine groups is 1. The van der Waals surface area contributed by atoms with Gasteiger partial charge in [0.1, 0.15) is 0 Å². The van der Waals surface area contributed by atoms with Crippen molar-refractivity contribution in [1.82, 2.24) is 10.3 Å². The number of nitrogens with zero attached hydrogens (tertiary/aromatic N) is 2. The molecule has 2 N–H and O–H groups in total. The van der Waals surface area contributed by atoms with Gasteiger partial charge in [-0.05, 0) is 59.9 Å². The highest BCUT2D eigenvalue weighted by Crippen LogP contribution is 2.20. The monoisotopic (exact) mass is 420 g/mol. The summed E-state index contributed by atoms with van der Waals surface area (Å²) in [5, 5.41) is 6.44. The van der Waals surface area contributed by atoms with Crippen molar-refractivity contribution in [2.45, 2.75) is 32.7 Å². The van der Waals surface area contributed by atoms with Crippen LogP contribution in [0.5, 0.6) is 0 Å². The van der Waals surface area contributed by atoms with E-state index in [1.54, 1.807) is 36.7 Å². The summed E-state index contributed by atoms with van der Waals surface area (Å²) < 4.78 is 0. The third kappa shape index (κ3) is 5.91. The number of anilines is 1. The minimum absolute atomic E-state index is 0.321. The van der Waals surface area contributed by atoms with Crippen LogP contribution in [0.3, 0.4) is 0 Å². The molecule has 0 spiro atoms. The molecule has 0 fully saturated rings. The second-order valence-electron chi connectivity index (χ2n) is 7.01. The van der Waals surface area contributed by atoms with E-state index in [0.29, 0.717) is 29.0 Å². The molecule has 6 heteroatoms. The van der Waals surface area contributed by atoms with Crippen LogP contribution in [0, 0.1) is 0 Å². The third-order valence-electron chi connectivity index (χ3n) is 4.87. The summed E-state index contributed by atoms with van der Waals surface area (Å²) in [6.07, 6.45) is 4.51. The first-order valence-electron chi connectivity index (χ1n) is 9.93. The first kappa shape index (κ1) is 21.5. The van der Waals surface area contributed by atoms with Gasteiger partial charge in [0.15, 0.2) is 0 Å². The van der Waals surface area contributed by atoms with Gasteiger partial charge in [-0.1, -0.05) is 49.7 Å². The van der Waals surface area contributed by atoms with Gasteiger partial charge in [-0.25, -0.2) is 4.99 Å². The number of aromatic nitrogens is 1. The number of carbonyl (C=O) groups excluding carboxylic acids is 1. The Kier molecular flexibility index (Phi) is 7.57. The lowest BCUT2D eigenvalue weighted by molar-refractivity contribution is 0.0977. The number of pyridine rings is 1. The van der Waals surface area contributed by atoms with E-state index in [2.05, 4.69) is 46.6 Å². The van der Waals surface area contributed by atoms with E-state index in [0.717, 1.165) is 17.7 Å². The summed E-state index contributed by atoms with van der Waals surface area (Å²) in [5.74, 6) is 0.532. The summed E-state index contributed by atoms with van der Waals surface area (Å²) in [4.78, 5) is 21.3. The molecule has 0 unspecified atom stereocenters. The second-order valence-corrected chi connectivity index (χ2v) is 7.42. The predicted octanol–water partition coefficient (Wildman–Crippen LogP) is 5.65. The van der Waals surface area contributed by atoms with Gasteiger partial charge in [0.25, 0.3) is 5.91 Å². The van der Waals surface area contributed by atoms with Crippen molar-refractivity contribution >= 4 is 29.2 Å². The molecule has 154 valence electrons. The number of hydrogen-bond donors (Lipinski definition) is 2. The van der Waals surface area contributed by atoms with Crippen LogP contribution in [0.25, 0.3) is 0 Å². The van der Waals surface area contributed by atoms with Crippen LogP contribution in [0.15, 0.2) is 78.0 Å². The molecular weight excluding hydrogens is 396 g/mol. The molecule has 0 aliphatic carbocycles. The van der Waals surface area contributed by atoms with Crippen LogP contribution in [-0.2, 0) is 6.54 Å². The topological polar surface area (TPSA) is 66.4 Å². The molecule has 0 radical (unpaired) electrons. The van der Waals surface area contributed by atoms with Crippen LogP contribution < -0.4 is 10.6 Å². The number of rotatable bonds is 6. The number of halogens is 1. The highest BCUT2D eigenvalue weighted by molar-refractivity contribution is 6.34. The minimum atomic E-state index is -0.321.